The molecule has 22 heavy (non-hydrogen) atoms. The van der Waals surface area contributed by atoms with Crippen LogP contribution in [-0.2, 0) is 16.1 Å². The summed E-state index contributed by atoms with van der Waals surface area (Å²) >= 11 is 0. The van der Waals surface area contributed by atoms with Gasteiger partial charge < -0.3 is 14.6 Å². The number of aryl methyl sites for hydroxylation is 2. The van der Waals surface area contributed by atoms with Crippen LogP contribution in [-0.4, -0.2) is 48.8 Å². The molecule has 2 atom stereocenters. The van der Waals surface area contributed by atoms with E-state index in [2.05, 4.69) is 22.3 Å². The zero-order valence-corrected chi connectivity index (χ0v) is 14.0. The summed E-state index contributed by atoms with van der Waals surface area (Å²) in [4.78, 5) is 14.6. The number of ether oxygens (including phenoxy) is 1. The Morgan fingerprint density at radius 1 is 1.45 bits per heavy atom. The maximum atomic E-state index is 12.2. The number of amides is 1. The lowest BCUT2D eigenvalue weighted by Crippen LogP contribution is -2.47. The molecule has 1 aromatic heterocycles. The average Bonchev–Trinajstić information content (AvgIpc) is 2.81. The van der Waals surface area contributed by atoms with Gasteiger partial charge in [-0.1, -0.05) is 5.16 Å². The van der Waals surface area contributed by atoms with Gasteiger partial charge >= 0.3 is 0 Å². The number of rotatable bonds is 6. The van der Waals surface area contributed by atoms with E-state index < -0.39 is 0 Å². The van der Waals surface area contributed by atoms with E-state index in [9.17, 15) is 4.79 Å². The molecule has 1 aliphatic rings. The normalized spacial score (nSPS) is 22.7. The molecule has 1 saturated heterocycles. The molecule has 0 spiro atoms. The Labute approximate surface area is 132 Å². The third-order valence-electron chi connectivity index (χ3n) is 4.53. The largest absolute Gasteiger partial charge is 0.383 e. The molecule has 0 bridgehead atoms. The molecule has 0 aliphatic carbocycles. The molecule has 0 unspecified atom stereocenters. The first-order valence-corrected chi connectivity index (χ1v) is 7.95. The fourth-order valence-corrected chi connectivity index (χ4v) is 2.97. The number of carbonyl (C=O) groups excluding carboxylic acids is 1. The predicted octanol–water partition coefficient (Wildman–Crippen LogP) is 1.65. The molecule has 1 fully saturated rings. The number of hydrogen-bond donors (Lipinski definition) is 1. The van der Waals surface area contributed by atoms with Crippen molar-refractivity contribution < 1.29 is 14.1 Å². The van der Waals surface area contributed by atoms with Gasteiger partial charge in [0, 0.05) is 38.3 Å². The van der Waals surface area contributed by atoms with Crippen molar-refractivity contribution in [3.05, 3.63) is 17.0 Å². The highest BCUT2D eigenvalue weighted by Crippen LogP contribution is 2.25. The topological polar surface area (TPSA) is 67.6 Å². The molecule has 1 N–H and O–H groups in total. The van der Waals surface area contributed by atoms with Gasteiger partial charge in [0.05, 0.1) is 18.2 Å². The number of nitrogens with zero attached hydrogens (tertiary/aromatic N) is 2. The van der Waals surface area contributed by atoms with Gasteiger partial charge in [-0.3, -0.25) is 9.69 Å². The van der Waals surface area contributed by atoms with Crippen LogP contribution >= 0.6 is 0 Å². The quantitative estimate of drug-likeness (QED) is 0.809. The molecule has 0 radical (unpaired) electrons. The summed E-state index contributed by atoms with van der Waals surface area (Å²) in [5, 5.41) is 6.96. The fraction of sp³-hybridized carbons (Fsp3) is 0.750. The van der Waals surface area contributed by atoms with Crippen LogP contribution in [0, 0.1) is 19.8 Å². The van der Waals surface area contributed by atoms with Gasteiger partial charge in [-0.2, -0.15) is 0 Å². The molecule has 124 valence electrons. The monoisotopic (exact) mass is 309 g/mol. The van der Waals surface area contributed by atoms with Crippen molar-refractivity contribution in [1.29, 1.82) is 0 Å². The summed E-state index contributed by atoms with van der Waals surface area (Å²) in [6.45, 7) is 8.84. The van der Waals surface area contributed by atoms with Crippen molar-refractivity contribution in [3.8, 4) is 0 Å². The average molecular weight is 309 g/mol. The summed E-state index contributed by atoms with van der Waals surface area (Å²) in [6, 6.07) is 0.469. The third kappa shape index (κ3) is 4.08. The molecular formula is C16H27N3O3. The lowest BCUT2D eigenvalue weighted by atomic mass is 9.92. The molecule has 2 rings (SSSR count). The van der Waals surface area contributed by atoms with Crippen LogP contribution in [0.2, 0.25) is 0 Å². The SMILES string of the molecule is COCCNC(=O)[C@H]1CC[C@@H](C)N(Cc2c(C)noc2C)C1. The van der Waals surface area contributed by atoms with Gasteiger partial charge in [0.25, 0.3) is 0 Å². The minimum absolute atomic E-state index is 0.0496. The molecule has 0 saturated carbocycles. The van der Waals surface area contributed by atoms with Crippen LogP contribution in [0.4, 0.5) is 0 Å². The van der Waals surface area contributed by atoms with Crippen molar-refractivity contribution >= 4 is 5.91 Å². The first-order chi connectivity index (χ1) is 10.5. The number of nitrogens with one attached hydrogen (secondary N) is 1. The standard InChI is InChI=1S/C16H27N3O3/c1-11-5-6-14(16(20)17-7-8-21-4)9-19(11)10-15-12(2)18-22-13(15)3/h11,14H,5-10H2,1-4H3,(H,17,20)/t11-,14+/m1/s1. The summed E-state index contributed by atoms with van der Waals surface area (Å²) in [6.07, 6.45) is 1.98. The predicted molar refractivity (Wildman–Crippen MR) is 83.5 cm³/mol. The van der Waals surface area contributed by atoms with E-state index in [0.29, 0.717) is 19.2 Å². The number of piperidine rings is 1. The van der Waals surface area contributed by atoms with Crippen LogP contribution < -0.4 is 5.32 Å². The minimum atomic E-state index is 0.0496. The number of carbonyl (C=O) groups is 1. The lowest BCUT2D eigenvalue weighted by molar-refractivity contribution is -0.127. The van der Waals surface area contributed by atoms with Crippen LogP contribution in [0.3, 0.4) is 0 Å². The highest BCUT2D eigenvalue weighted by atomic mass is 16.5. The molecule has 6 nitrogen and oxygen atoms in total. The third-order valence-corrected chi connectivity index (χ3v) is 4.53. The van der Waals surface area contributed by atoms with Gasteiger partial charge in [0.15, 0.2) is 0 Å². The zero-order valence-electron chi connectivity index (χ0n) is 14.0. The molecule has 1 aromatic rings. The van der Waals surface area contributed by atoms with Gasteiger partial charge in [-0.05, 0) is 33.6 Å². The molecule has 6 heteroatoms. The first-order valence-electron chi connectivity index (χ1n) is 7.95. The maximum absolute atomic E-state index is 12.2. The zero-order chi connectivity index (χ0) is 16.1. The van der Waals surface area contributed by atoms with E-state index in [1.807, 2.05) is 13.8 Å². The Bertz CT molecular complexity index is 481. The van der Waals surface area contributed by atoms with Crippen molar-refractivity contribution in [2.24, 2.45) is 5.92 Å². The van der Waals surface area contributed by atoms with Crippen molar-refractivity contribution in [2.75, 3.05) is 26.8 Å². The van der Waals surface area contributed by atoms with Crippen molar-refractivity contribution in [3.63, 3.8) is 0 Å². The smallest absolute Gasteiger partial charge is 0.224 e. The Kier molecular flexibility index (Phi) is 5.97. The molecule has 1 amide bonds. The van der Waals surface area contributed by atoms with Crippen LogP contribution in [0.15, 0.2) is 4.52 Å². The molecule has 2 heterocycles. The molecular weight excluding hydrogens is 282 g/mol. The van der Waals surface area contributed by atoms with E-state index in [0.717, 1.165) is 42.9 Å². The minimum Gasteiger partial charge on any atom is -0.383 e. The van der Waals surface area contributed by atoms with Gasteiger partial charge in [-0.25, -0.2) is 0 Å². The number of hydrogen-bond acceptors (Lipinski definition) is 5. The summed E-state index contributed by atoms with van der Waals surface area (Å²) < 4.78 is 10.2. The highest BCUT2D eigenvalue weighted by molar-refractivity contribution is 5.78. The van der Waals surface area contributed by atoms with E-state index in [1.165, 1.54) is 0 Å². The van der Waals surface area contributed by atoms with E-state index >= 15 is 0 Å². The van der Waals surface area contributed by atoms with Crippen LogP contribution in [0.1, 0.15) is 36.8 Å². The number of aromatic nitrogens is 1. The second kappa shape index (κ2) is 7.74. The van der Waals surface area contributed by atoms with E-state index in [1.54, 1.807) is 7.11 Å². The van der Waals surface area contributed by atoms with Crippen molar-refractivity contribution in [2.45, 2.75) is 46.2 Å². The Morgan fingerprint density at radius 3 is 2.86 bits per heavy atom. The number of methoxy groups -OCH3 is 1. The van der Waals surface area contributed by atoms with E-state index in [4.69, 9.17) is 9.26 Å². The Hall–Kier alpha value is -1.40. The second-order valence-electron chi connectivity index (χ2n) is 6.14. The summed E-state index contributed by atoms with van der Waals surface area (Å²) in [5.41, 5.74) is 2.09. The Balaban J connectivity index is 1.95. The number of likely N-dealkylation sites (tertiary alicyclic amines) is 1. The van der Waals surface area contributed by atoms with Gasteiger partial charge in [0.1, 0.15) is 5.76 Å². The fourth-order valence-electron chi connectivity index (χ4n) is 2.97. The summed E-state index contributed by atoms with van der Waals surface area (Å²) in [5.74, 6) is 1.05. The van der Waals surface area contributed by atoms with E-state index in [-0.39, 0.29) is 11.8 Å². The van der Waals surface area contributed by atoms with Crippen LogP contribution in [0.5, 0.6) is 0 Å². The van der Waals surface area contributed by atoms with Gasteiger partial charge in [-0.15, -0.1) is 0 Å². The van der Waals surface area contributed by atoms with Gasteiger partial charge in [0.2, 0.25) is 5.91 Å². The van der Waals surface area contributed by atoms with Crippen LogP contribution in [0.25, 0.3) is 0 Å². The highest BCUT2D eigenvalue weighted by Gasteiger charge is 2.30. The molecule has 0 aromatic carbocycles. The van der Waals surface area contributed by atoms with Crippen molar-refractivity contribution in [1.82, 2.24) is 15.4 Å². The molecule has 1 aliphatic heterocycles. The lowest BCUT2D eigenvalue weighted by Gasteiger charge is -2.37. The maximum Gasteiger partial charge on any atom is 0.224 e. The summed E-state index contributed by atoms with van der Waals surface area (Å²) in [7, 11) is 1.64. The second-order valence-corrected chi connectivity index (χ2v) is 6.14. The first kappa shape index (κ1) is 17.0. The Morgan fingerprint density at radius 2 is 2.23 bits per heavy atom.